The van der Waals surface area contributed by atoms with Gasteiger partial charge >= 0.3 is 0 Å². The smallest absolute Gasteiger partial charge is 0.146 e. The maximum atomic E-state index is 6.33. The number of benzene rings is 1. The van der Waals surface area contributed by atoms with Gasteiger partial charge in [0.05, 0.1) is 24.3 Å². The van der Waals surface area contributed by atoms with Crippen molar-refractivity contribution in [2.45, 2.75) is 149 Å². The van der Waals surface area contributed by atoms with Crippen LogP contribution in [0.15, 0.2) is 12.1 Å². The van der Waals surface area contributed by atoms with Crippen LogP contribution in [0.4, 0.5) is 0 Å². The van der Waals surface area contributed by atoms with Crippen LogP contribution < -0.4 is 9.47 Å². The molecule has 0 bridgehead atoms. The fourth-order valence-corrected chi connectivity index (χ4v) is 11.0. The van der Waals surface area contributed by atoms with Crippen molar-refractivity contribution < 1.29 is 9.47 Å². The van der Waals surface area contributed by atoms with E-state index in [2.05, 4.69) is 78.8 Å². The third-order valence-electron chi connectivity index (χ3n) is 8.03. The van der Waals surface area contributed by atoms with Crippen molar-refractivity contribution in [2.24, 2.45) is 0 Å². The minimum Gasteiger partial charge on any atom is -0.492 e. The minimum atomic E-state index is -1.87. The summed E-state index contributed by atoms with van der Waals surface area (Å²) in [5.41, 5.74) is 7.30. The number of hydrogen-bond donors (Lipinski definition) is 0. The van der Waals surface area contributed by atoms with Gasteiger partial charge in [0.25, 0.3) is 0 Å². The molecule has 0 saturated carbocycles. The molecule has 3 heteroatoms. The SMILES string of the molecule is C#Cc1cc(OCCCCCCCC)c(C#C[Si](C(C)C)(C(C)C)C(C)C)cc1OCCCCCCCC. The van der Waals surface area contributed by atoms with Gasteiger partial charge in [-0.15, -0.1) is 12.0 Å². The number of unbranched alkanes of at least 4 members (excludes halogenated alkanes) is 10. The molecule has 0 saturated heterocycles. The van der Waals surface area contributed by atoms with Gasteiger partial charge in [0.2, 0.25) is 0 Å². The number of rotatable bonds is 19. The van der Waals surface area contributed by atoms with Gasteiger partial charge < -0.3 is 9.47 Å². The normalized spacial score (nSPS) is 11.5. The van der Waals surface area contributed by atoms with E-state index in [1.54, 1.807) is 0 Å². The number of terminal acetylenes is 1. The van der Waals surface area contributed by atoms with Crippen molar-refractivity contribution in [3.05, 3.63) is 23.3 Å². The van der Waals surface area contributed by atoms with E-state index in [0.717, 1.165) is 35.5 Å². The van der Waals surface area contributed by atoms with Crippen LogP contribution in [-0.2, 0) is 0 Å². The summed E-state index contributed by atoms with van der Waals surface area (Å²) >= 11 is 0. The van der Waals surface area contributed by atoms with Crippen molar-refractivity contribution in [1.29, 1.82) is 0 Å². The Morgan fingerprint density at radius 2 is 1.03 bits per heavy atom. The first-order valence-corrected chi connectivity index (χ1v) is 17.9. The van der Waals surface area contributed by atoms with Crippen molar-refractivity contribution in [3.8, 4) is 35.3 Å². The molecule has 0 heterocycles. The van der Waals surface area contributed by atoms with Gasteiger partial charge in [-0.25, -0.2) is 0 Å². The van der Waals surface area contributed by atoms with Crippen LogP contribution in [0.25, 0.3) is 0 Å². The highest BCUT2D eigenvalue weighted by Gasteiger charge is 2.41. The van der Waals surface area contributed by atoms with Crippen molar-refractivity contribution in [3.63, 3.8) is 0 Å². The first-order valence-electron chi connectivity index (χ1n) is 15.7. The molecule has 1 rings (SSSR count). The fourth-order valence-electron chi connectivity index (χ4n) is 5.75. The molecule has 2 nitrogen and oxygen atoms in total. The Hall–Kier alpha value is -1.84. The molecule has 0 N–H and O–H groups in total. The lowest BCUT2D eigenvalue weighted by atomic mass is 10.1. The van der Waals surface area contributed by atoms with Gasteiger partial charge in [0.1, 0.15) is 19.6 Å². The van der Waals surface area contributed by atoms with E-state index in [4.69, 9.17) is 15.9 Å². The van der Waals surface area contributed by atoms with E-state index >= 15 is 0 Å². The molecular weight excluding hydrogens is 480 g/mol. The second-order valence-corrected chi connectivity index (χ2v) is 17.4. The molecule has 1 aromatic rings. The summed E-state index contributed by atoms with van der Waals surface area (Å²) in [5, 5.41) is 0. The lowest BCUT2D eigenvalue weighted by molar-refractivity contribution is 0.295. The Balaban J connectivity index is 3.19. The van der Waals surface area contributed by atoms with Crippen LogP contribution in [0.3, 0.4) is 0 Å². The molecule has 0 radical (unpaired) electrons. The second-order valence-electron chi connectivity index (χ2n) is 11.9. The average molecular weight is 539 g/mol. The third-order valence-corrected chi connectivity index (χ3v) is 14.3. The Morgan fingerprint density at radius 3 is 1.45 bits per heavy atom. The van der Waals surface area contributed by atoms with Gasteiger partial charge in [-0.2, -0.15) is 0 Å². The number of hydrogen-bond acceptors (Lipinski definition) is 2. The maximum absolute atomic E-state index is 6.33. The molecule has 0 spiro atoms. The highest BCUT2D eigenvalue weighted by molar-refractivity contribution is 6.90. The second kappa shape index (κ2) is 19.3. The monoisotopic (exact) mass is 538 g/mol. The van der Waals surface area contributed by atoms with E-state index in [-0.39, 0.29) is 0 Å². The van der Waals surface area contributed by atoms with Crippen LogP contribution in [0.2, 0.25) is 16.6 Å². The summed E-state index contributed by atoms with van der Waals surface area (Å²) in [5.74, 6) is 8.04. The van der Waals surface area contributed by atoms with Gasteiger partial charge in [-0.1, -0.05) is 131 Å². The molecule has 0 atom stereocenters. The van der Waals surface area contributed by atoms with Gasteiger partial charge in [-0.05, 0) is 29.5 Å². The van der Waals surface area contributed by atoms with Crippen LogP contribution >= 0.6 is 0 Å². The molecule has 0 fully saturated rings. The lowest BCUT2D eigenvalue weighted by Gasteiger charge is -2.38. The zero-order valence-electron chi connectivity index (χ0n) is 26.2. The maximum Gasteiger partial charge on any atom is 0.146 e. The Morgan fingerprint density at radius 1 is 0.632 bits per heavy atom. The van der Waals surface area contributed by atoms with E-state index in [1.807, 2.05) is 6.07 Å². The van der Waals surface area contributed by atoms with E-state index in [0.29, 0.717) is 29.8 Å². The fraction of sp³-hybridized carbons (Fsp3) is 0.714. The topological polar surface area (TPSA) is 18.5 Å². The van der Waals surface area contributed by atoms with Gasteiger partial charge in [0, 0.05) is 12.1 Å². The standard InChI is InChI=1S/C35H58O2Si/c1-10-13-15-17-19-21-24-36-34-28-33(23-26-38(29(4)5,30(6)7)31(8)9)35(27-32(34)12-3)37-25-22-20-18-16-14-11-2/h3,27-31H,10-11,13-22,24-25H2,1-2,4-9H3. The largest absolute Gasteiger partial charge is 0.492 e. The molecule has 0 aliphatic heterocycles. The zero-order valence-corrected chi connectivity index (χ0v) is 27.2. The van der Waals surface area contributed by atoms with Gasteiger partial charge in [-0.3, -0.25) is 0 Å². The molecule has 0 aliphatic carbocycles. The highest BCUT2D eigenvalue weighted by Crippen LogP contribution is 2.41. The summed E-state index contributed by atoms with van der Waals surface area (Å²) in [6.45, 7) is 20.0. The van der Waals surface area contributed by atoms with Crippen LogP contribution in [0.5, 0.6) is 11.5 Å². The summed E-state index contributed by atoms with van der Waals surface area (Å²) in [4.78, 5) is 0. The summed E-state index contributed by atoms with van der Waals surface area (Å²) in [7, 11) is -1.87. The summed E-state index contributed by atoms with van der Waals surface area (Å²) in [6, 6.07) is 4.04. The summed E-state index contributed by atoms with van der Waals surface area (Å²) in [6.07, 6.45) is 20.8. The Bertz CT molecular complexity index is 860. The van der Waals surface area contributed by atoms with Crippen molar-refractivity contribution in [2.75, 3.05) is 13.2 Å². The predicted molar refractivity (Wildman–Crippen MR) is 170 cm³/mol. The van der Waals surface area contributed by atoms with E-state index in [1.165, 1.54) is 64.2 Å². The average Bonchev–Trinajstić information content (AvgIpc) is 2.87. The first-order chi connectivity index (χ1) is 18.2. The third kappa shape index (κ3) is 11.1. The van der Waals surface area contributed by atoms with Crippen molar-refractivity contribution in [1.82, 2.24) is 0 Å². The van der Waals surface area contributed by atoms with E-state index in [9.17, 15) is 0 Å². The Kier molecular flexibility index (Phi) is 17.3. The van der Waals surface area contributed by atoms with Crippen molar-refractivity contribution >= 4 is 8.07 Å². The predicted octanol–water partition coefficient (Wildman–Crippen LogP) is 10.7. The molecular formula is C35H58O2Si. The van der Waals surface area contributed by atoms with Crippen LogP contribution in [-0.4, -0.2) is 21.3 Å². The minimum absolute atomic E-state index is 0.580. The molecule has 38 heavy (non-hydrogen) atoms. The lowest BCUT2D eigenvalue weighted by Crippen LogP contribution is -2.43. The van der Waals surface area contributed by atoms with Crippen LogP contribution in [0.1, 0.15) is 144 Å². The summed E-state index contributed by atoms with van der Waals surface area (Å²) < 4.78 is 12.6. The molecule has 0 unspecified atom stereocenters. The molecule has 0 aromatic heterocycles. The van der Waals surface area contributed by atoms with Crippen LogP contribution in [0, 0.1) is 23.8 Å². The molecule has 0 aliphatic rings. The molecule has 214 valence electrons. The highest BCUT2D eigenvalue weighted by atomic mass is 28.3. The zero-order chi connectivity index (χ0) is 28.4. The quantitative estimate of drug-likeness (QED) is 0.0990. The first kappa shape index (κ1) is 34.2. The number of ether oxygens (including phenoxy) is 2. The molecule has 0 amide bonds. The Labute approximate surface area is 238 Å². The molecule has 1 aromatic carbocycles. The van der Waals surface area contributed by atoms with Gasteiger partial charge in [0.15, 0.2) is 0 Å². The van der Waals surface area contributed by atoms with E-state index < -0.39 is 8.07 Å².